The van der Waals surface area contributed by atoms with Gasteiger partial charge < -0.3 is 0 Å². The third-order valence-corrected chi connectivity index (χ3v) is 10.0. The molecule has 0 N–H and O–H groups in total. The molecule has 0 aromatic heterocycles. The monoisotopic (exact) mass is 721 g/mol. The second-order valence-corrected chi connectivity index (χ2v) is 12.8. The predicted octanol–water partition coefficient (Wildman–Crippen LogP) is 7.94. The van der Waals surface area contributed by atoms with E-state index >= 15 is 0 Å². The summed E-state index contributed by atoms with van der Waals surface area (Å²) in [6.07, 6.45) is -15.6. The van der Waals surface area contributed by atoms with Crippen molar-refractivity contribution in [2.45, 2.75) is 105 Å². The minimum Gasteiger partial charge on any atom is -0.205 e. The Hall–Kier alpha value is -1.40. The molecule has 0 aliphatic carbocycles. The van der Waals surface area contributed by atoms with E-state index in [4.69, 9.17) is 0 Å². The van der Waals surface area contributed by atoms with Crippen LogP contribution < -0.4 is 0 Å². The molecule has 0 aliphatic rings. The van der Waals surface area contributed by atoms with E-state index in [1.807, 2.05) is 0 Å². The average molecular weight is 721 g/mol. The van der Waals surface area contributed by atoms with E-state index in [1.165, 1.54) is 0 Å². The molecule has 0 radical (unpaired) electrons. The first-order valence-corrected chi connectivity index (χ1v) is 14.2. The van der Waals surface area contributed by atoms with Crippen LogP contribution in [0.25, 0.3) is 0 Å². The summed E-state index contributed by atoms with van der Waals surface area (Å²) in [5.74, 6) is -32.9. The minimum atomic E-state index is -8.75. The van der Waals surface area contributed by atoms with Crippen molar-refractivity contribution in [3.63, 3.8) is 0 Å². The maximum Gasteiger partial charge on any atom is 0.460 e. The second-order valence-electron chi connectivity index (χ2n) is 8.81. The fraction of sp³-hybridized carbons (Fsp3) is 1.00. The Balaban J connectivity index is 7.11. The van der Waals surface area contributed by atoms with Crippen LogP contribution in [0.15, 0.2) is 0 Å². The van der Waals surface area contributed by atoms with Crippen molar-refractivity contribution < 1.29 is 95.9 Å². The minimum absolute atomic E-state index is 0.109. The Labute approximate surface area is 231 Å². The topological polar surface area (TPSA) is 71.5 Å². The molecule has 0 rings (SSSR count). The van der Waals surface area contributed by atoms with Gasteiger partial charge in [-0.1, -0.05) is 55.6 Å². The molecule has 0 atom stereocenters. The number of hydrogen-bond donors (Lipinski definition) is 0. The van der Waals surface area contributed by atoms with Gasteiger partial charge in [-0.05, 0) is 6.42 Å². The highest BCUT2D eigenvalue weighted by atomic mass is 32.3. The fourth-order valence-corrected chi connectivity index (χ4v) is 6.80. The fourth-order valence-electron chi connectivity index (χ4n) is 3.05. The van der Waals surface area contributed by atoms with E-state index in [0.29, 0.717) is 25.7 Å². The summed E-state index contributed by atoms with van der Waals surface area (Å²) >= 11 is 0. The van der Waals surface area contributed by atoms with Crippen LogP contribution in [0.5, 0.6) is 0 Å². The summed E-state index contributed by atoms with van der Waals surface area (Å²) in [5, 5.41) is -16.3. The lowest BCUT2D eigenvalue weighted by atomic mass is 10.1. The zero-order valence-corrected chi connectivity index (χ0v) is 22.7. The largest absolute Gasteiger partial charge is 0.460 e. The van der Waals surface area contributed by atoms with Gasteiger partial charge in [0.15, 0.2) is 0 Å². The Bertz CT molecular complexity index is 1070. The van der Waals surface area contributed by atoms with Crippen molar-refractivity contribution in [1.82, 2.24) is 3.71 Å². The molecule has 0 amide bonds. The molecular weight excluding hydrogens is 700 g/mol. The van der Waals surface area contributed by atoms with Gasteiger partial charge in [-0.3, -0.25) is 0 Å². The average Bonchev–Trinajstić information content (AvgIpc) is 2.80. The van der Waals surface area contributed by atoms with Gasteiger partial charge in [0.1, 0.15) is 0 Å². The Morgan fingerprint density at radius 2 is 0.674 bits per heavy atom. The van der Waals surface area contributed by atoms with Crippen molar-refractivity contribution in [2.24, 2.45) is 0 Å². The van der Waals surface area contributed by atoms with Crippen LogP contribution in [-0.4, -0.2) is 73.6 Å². The lowest BCUT2D eigenvalue weighted by molar-refractivity contribution is -0.383. The molecule has 0 unspecified atom stereocenters. The zero-order chi connectivity index (χ0) is 34.9. The summed E-state index contributed by atoms with van der Waals surface area (Å²) in [4.78, 5) is 0. The number of hydrogen-bond acceptors (Lipinski definition) is 4. The molecule has 0 bridgehead atoms. The second kappa shape index (κ2) is 12.8. The van der Waals surface area contributed by atoms with E-state index in [0.717, 1.165) is 0 Å². The summed E-state index contributed by atoms with van der Waals surface area (Å²) in [7, 11) is -17.5. The van der Waals surface area contributed by atoms with Crippen LogP contribution in [0.3, 0.4) is 0 Å². The van der Waals surface area contributed by atoms with Gasteiger partial charge in [-0.15, -0.1) is 0 Å². The van der Waals surface area contributed by atoms with Crippen LogP contribution in [-0.2, 0) is 20.0 Å². The highest BCUT2D eigenvalue weighted by Gasteiger charge is 2.89. The van der Waals surface area contributed by atoms with Crippen LogP contribution >= 0.6 is 0 Å². The third kappa shape index (κ3) is 7.05. The number of rotatable bonds is 17. The number of nitrogens with zero attached hydrogens (tertiary/aromatic N) is 1. The van der Waals surface area contributed by atoms with Crippen molar-refractivity contribution in [3.8, 4) is 0 Å². The quantitative estimate of drug-likeness (QED) is 0.113. The van der Waals surface area contributed by atoms with E-state index in [-0.39, 0.29) is 12.8 Å². The summed E-state index contributed by atoms with van der Waals surface area (Å²) < 4.78 is 285. The van der Waals surface area contributed by atoms with E-state index in [1.54, 1.807) is 6.92 Å². The molecule has 0 saturated heterocycles. The predicted molar refractivity (Wildman–Crippen MR) is 109 cm³/mol. The summed E-state index contributed by atoms with van der Waals surface area (Å²) in [6.45, 7) is -0.949. The van der Waals surface area contributed by atoms with E-state index in [2.05, 4.69) is 0 Å². The SMILES string of the molecule is CCCCCCCCCCN(S(=O)(=O)C(F)(F)C(F)(F)C(F)(F)C(F)(F)F)S(=O)(=O)C(F)(F)C(F)(F)C(F)(F)C(F)(F)F. The number of sulfonamides is 2. The highest BCUT2D eigenvalue weighted by Crippen LogP contribution is 2.58. The molecule has 43 heavy (non-hydrogen) atoms. The summed E-state index contributed by atoms with van der Waals surface area (Å²) in [5.41, 5.74) is 0. The molecule has 0 saturated carbocycles. The molecular formula is C18H21F18NO4S2. The van der Waals surface area contributed by atoms with Crippen LogP contribution in [0.4, 0.5) is 79.0 Å². The van der Waals surface area contributed by atoms with Gasteiger partial charge in [-0.25, -0.2) is 16.8 Å². The van der Waals surface area contributed by atoms with Crippen molar-refractivity contribution in [1.29, 1.82) is 0 Å². The molecule has 0 aromatic rings. The number of unbranched alkanes of at least 4 members (excludes halogenated alkanes) is 7. The van der Waals surface area contributed by atoms with Gasteiger partial charge in [0.2, 0.25) is 0 Å². The van der Waals surface area contributed by atoms with Crippen LogP contribution in [0.1, 0.15) is 58.3 Å². The van der Waals surface area contributed by atoms with Crippen molar-refractivity contribution in [3.05, 3.63) is 0 Å². The number of halogens is 18. The van der Waals surface area contributed by atoms with Gasteiger partial charge >= 0.3 is 46.6 Å². The first-order valence-electron chi connectivity index (χ1n) is 11.4. The maximum absolute atomic E-state index is 14.3. The van der Waals surface area contributed by atoms with Gasteiger partial charge in [0, 0.05) is 6.54 Å². The first-order chi connectivity index (χ1) is 18.7. The normalized spacial score (nSPS) is 15.8. The van der Waals surface area contributed by atoms with Gasteiger partial charge in [0.25, 0.3) is 20.0 Å². The first kappa shape index (κ1) is 41.6. The van der Waals surface area contributed by atoms with Gasteiger partial charge in [-0.2, -0.15) is 79.0 Å². The molecule has 0 aromatic carbocycles. The van der Waals surface area contributed by atoms with Crippen LogP contribution in [0.2, 0.25) is 0 Å². The molecule has 0 fully saturated rings. The lowest BCUT2D eigenvalue weighted by Gasteiger charge is -2.38. The van der Waals surface area contributed by atoms with Crippen molar-refractivity contribution in [2.75, 3.05) is 6.54 Å². The molecule has 5 nitrogen and oxygen atoms in total. The molecule has 260 valence electrons. The standard InChI is InChI=1S/C18H21F18NO4S2/c1-2-3-4-5-6-7-8-9-10-37(42(38,39)17(33,34)13(23,24)11(19,20)15(27,28)29)43(40,41)18(35,36)14(25,26)12(21,22)16(30,31)32/h2-10H2,1H3. The lowest BCUT2D eigenvalue weighted by Crippen LogP contribution is -2.69. The van der Waals surface area contributed by atoms with Gasteiger partial charge in [0.05, 0.1) is 0 Å². The Morgan fingerprint density at radius 1 is 0.419 bits per heavy atom. The third-order valence-electron chi connectivity index (χ3n) is 5.61. The zero-order valence-electron chi connectivity index (χ0n) is 21.1. The smallest absolute Gasteiger partial charge is 0.205 e. The summed E-state index contributed by atoms with van der Waals surface area (Å²) in [6, 6.07) is 0. The van der Waals surface area contributed by atoms with Crippen LogP contribution in [0, 0.1) is 0 Å². The van der Waals surface area contributed by atoms with Crippen molar-refractivity contribution >= 4 is 20.0 Å². The number of alkyl halides is 18. The molecule has 25 heteroatoms. The maximum atomic E-state index is 14.3. The Morgan fingerprint density at radius 3 is 0.930 bits per heavy atom. The molecule has 0 heterocycles. The molecule has 0 spiro atoms. The highest BCUT2D eigenvalue weighted by molar-refractivity contribution is 8.05. The van der Waals surface area contributed by atoms with E-state index < -0.39 is 89.7 Å². The van der Waals surface area contributed by atoms with E-state index in [9.17, 15) is 95.9 Å². The molecule has 0 aliphatic heterocycles. The Kier molecular flexibility index (Phi) is 12.4.